The fourth-order valence-electron chi connectivity index (χ4n) is 2.39. The van der Waals surface area contributed by atoms with Crippen LogP contribution in [0.1, 0.15) is 13.3 Å². The minimum absolute atomic E-state index is 0.0841. The van der Waals surface area contributed by atoms with Crippen LogP contribution < -0.4 is 10.1 Å². The normalized spacial score (nSPS) is 25.8. The second-order valence-corrected chi connectivity index (χ2v) is 4.94. The predicted molar refractivity (Wildman–Crippen MR) is 76.2 cm³/mol. The molecule has 1 N–H and O–H groups in total. The molecule has 0 aromatic heterocycles. The smallest absolute Gasteiger partial charge is 0.137 e. The summed E-state index contributed by atoms with van der Waals surface area (Å²) in [5, 5.41) is 4.01. The number of benzene rings is 1. The molecule has 0 bridgehead atoms. The molecule has 0 radical (unpaired) electrons. The third-order valence-corrected chi connectivity index (χ3v) is 3.70. The standard InChI is InChI=1S/C14H20ClNO3/c1-4-19-13-8-11(14(13)18-3)16-9-5-6-12(17-2)10(15)7-9/h5-7,11,13-14,16H,4,8H2,1-3H3. The maximum Gasteiger partial charge on any atom is 0.137 e. The number of methoxy groups -OCH3 is 2. The van der Waals surface area contributed by atoms with E-state index in [-0.39, 0.29) is 18.2 Å². The summed E-state index contributed by atoms with van der Waals surface area (Å²) >= 11 is 6.10. The molecule has 106 valence electrons. The predicted octanol–water partition coefficient (Wildman–Crippen LogP) is 2.95. The fourth-order valence-corrected chi connectivity index (χ4v) is 2.64. The Morgan fingerprint density at radius 1 is 1.37 bits per heavy atom. The molecule has 4 nitrogen and oxygen atoms in total. The highest BCUT2D eigenvalue weighted by molar-refractivity contribution is 6.32. The van der Waals surface area contributed by atoms with Crippen molar-refractivity contribution in [2.75, 3.05) is 26.1 Å². The van der Waals surface area contributed by atoms with Crippen LogP contribution in [0.4, 0.5) is 5.69 Å². The Bertz CT molecular complexity index is 427. The van der Waals surface area contributed by atoms with Gasteiger partial charge in [-0.3, -0.25) is 0 Å². The van der Waals surface area contributed by atoms with Crippen molar-refractivity contribution in [3.63, 3.8) is 0 Å². The molecule has 0 amide bonds. The van der Waals surface area contributed by atoms with Crippen molar-refractivity contribution < 1.29 is 14.2 Å². The lowest BCUT2D eigenvalue weighted by molar-refractivity contribution is -0.118. The summed E-state index contributed by atoms with van der Waals surface area (Å²) in [6.45, 7) is 2.71. The summed E-state index contributed by atoms with van der Waals surface area (Å²) < 4.78 is 16.2. The highest BCUT2D eigenvalue weighted by Gasteiger charge is 2.42. The molecule has 0 heterocycles. The van der Waals surface area contributed by atoms with Gasteiger partial charge in [0.1, 0.15) is 11.9 Å². The van der Waals surface area contributed by atoms with Crippen LogP contribution in [0.5, 0.6) is 5.75 Å². The average Bonchev–Trinajstić information content (AvgIpc) is 2.38. The van der Waals surface area contributed by atoms with Gasteiger partial charge in [-0.25, -0.2) is 0 Å². The van der Waals surface area contributed by atoms with E-state index >= 15 is 0 Å². The maximum absolute atomic E-state index is 6.10. The van der Waals surface area contributed by atoms with E-state index in [0.29, 0.717) is 17.4 Å². The maximum atomic E-state index is 6.10. The molecule has 1 fully saturated rings. The number of anilines is 1. The van der Waals surface area contributed by atoms with Crippen molar-refractivity contribution >= 4 is 17.3 Å². The summed E-state index contributed by atoms with van der Waals surface area (Å²) in [7, 11) is 3.32. The number of ether oxygens (including phenoxy) is 3. The van der Waals surface area contributed by atoms with Crippen LogP contribution in [0.3, 0.4) is 0 Å². The summed E-state index contributed by atoms with van der Waals surface area (Å²) in [5.41, 5.74) is 0.966. The van der Waals surface area contributed by atoms with E-state index < -0.39 is 0 Å². The molecule has 5 heteroatoms. The average molecular weight is 286 g/mol. The number of hydrogen-bond acceptors (Lipinski definition) is 4. The monoisotopic (exact) mass is 285 g/mol. The quantitative estimate of drug-likeness (QED) is 0.872. The molecule has 1 aliphatic carbocycles. The van der Waals surface area contributed by atoms with E-state index in [4.69, 9.17) is 25.8 Å². The molecule has 1 aromatic rings. The van der Waals surface area contributed by atoms with Gasteiger partial charge >= 0.3 is 0 Å². The number of hydrogen-bond donors (Lipinski definition) is 1. The largest absolute Gasteiger partial charge is 0.495 e. The Hall–Kier alpha value is -0.970. The van der Waals surface area contributed by atoms with Crippen molar-refractivity contribution in [1.29, 1.82) is 0 Å². The molecule has 19 heavy (non-hydrogen) atoms. The minimum atomic E-state index is 0.0841. The molecular weight excluding hydrogens is 266 g/mol. The third kappa shape index (κ3) is 3.14. The van der Waals surface area contributed by atoms with Gasteiger partial charge in [0.15, 0.2) is 0 Å². The summed E-state index contributed by atoms with van der Waals surface area (Å²) in [4.78, 5) is 0. The van der Waals surface area contributed by atoms with Crippen LogP contribution in [-0.2, 0) is 9.47 Å². The molecule has 3 atom stereocenters. The molecule has 2 rings (SSSR count). The molecule has 0 spiro atoms. The van der Waals surface area contributed by atoms with Crippen LogP contribution in [0, 0.1) is 0 Å². The van der Waals surface area contributed by atoms with Crippen molar-refractivity contribution in [2.45, 2.75) is 31.6 Å². The zero-order valence-electron chi connectivity index (χ0n) is 11.5. The highest BCUT2D eigenvalue weighted by Crippen LogP contribution is 2.32. The molecule has 0 aliphatic heterocycles. The molecule has 3 unspecified atom stereocenters. The zero-order valence-corrected chi connectivity index (χ0v) is 12.2. The van der Waals surface area contributed by atoms with E-state index in [1.165, 1.54) is 0 Å². The van der Waals surface area contributed by atoms with Crippen molar-refractivity contribution in [2.24, 2.45) is 0 Å². The van der Waals surface area contributed by atoms with E-state index in [0.717, 1.165) is 12.1 Å². The van der Waals surface area contributed by atoms with Crippen LogP contribution in [0.25, 0.3) is 0 Å². The second kappa shape index (κ2) is 6.46. The van der Waals surface area contributed by atoms with Gasteiger partial charge in [-0.1, -0.05) is 11.6 Å². The summed E-state index contributed by atoms with van der Waals surface area (Å²) in [6.07, 6.45) is 1.21. The summed E-state index contributed by atoms with van der Waals surface area (Å²) in [5.74, 6) is 0.677. The summed E-state index contributed by atoms with van der Waals surface area (Å²) in [6, 6.07) is 5.92. The zero-order chi connectivity index (χ0) is 13.8. The van der Waals surface area contributed by atoms with Crippen LogP contribution in [-0.4, -0.2) is 39.1 Å². The van der Waals surface area contributed by atoms with Crippen LogP contribution in [0.15, 0.2) is 18.2 Å². The van der Waals surface area contributed by atoms with Gasteiger partial charge in [0.25, 0.3) is 0 Å². The Kier molecular flexibility index (Phi) is 4.91. The van der Waals surface area contributed by atoms with Gasteiger partial charge in [-0.05, 0) is 31.5 Å². The lowest BCUT2D eigenvalue weighted by Crippen LogP contribution is -2.56. The molecule has 1 aliphatic rings. The Balaban J connectivity index is 1.96. The third-order valence-electron chi connectivity index (χ3n) is 3.41. The van der Waals surface area contributed by atoms with Gasteiger partial charge in [-0.15, -0.1) is 0 Å². The Labute approximate surface area is 119 Å². The Morgan fingerprint density at radius 3 is 2.74 bits per heavy atom. The topological polar surface area (TPSA) is 39.7 Å². The van der Waals surface area contributed by atoms with Crippen LogP contribution >= 0.6 is 11.6 Å². The van der Waals surface area contributed by atoms with Crippen molar-refractivity contribution in [3.05, 3.63) is 23.2 Å². The van der Waals surface area contributed by atoms with E-state index in [1.807, 2.05) is 25.1 Å². The van der Waals surface area contributed by atoms with Gasteiger partial charge in [-0.2, -0.15) is 0 Å². The molecular formula is C14H20ClNO3. The van der Waals surface area contributed by atoms with Gasteiger partial charge < -0.3 is 19.5 Å². The first kappa shape index (κ1) is 14.4. The van der Waals surface area contributed by atoms with Crippen molar-refractivity contribution in [3.8, 4) is 5.75 Å². The molecule has 0 saturated heterocycles. The molecule has 1 saturated carbocycles. The first-order valence-corrected chi connectivity index (χ1v) is 6.81. The fraction of sp³-hybridized carbons (Fsp3) is 0.571. The van der Waals surface area contributed by atoms with E-state index in [1.54, 1.807) is 14.2 Å². The first-order chi connectivity index (χ1) is 9.19. The minimum Gasteiger partial charge on any atom is -0.495 e. The second-order valence-electron chi connectivity index (χ2n) is 4.53. The SMILES string of the molecule is CCOC1CC(Nc2ccc(OC)c(Cl)c2)C1OC. The van der Waals surface area contributed by atoms with E-state index in [2.05, 4.69) is 5.32 Å². The van der Waals surface area contributed by atoms with Gasteiger partial charge in [0.2, 0.25) is 0 Å². The number of halogens is 1. The number of rotatable bonds is 6. The first-order valence-electron chi connectivity index (χ1n) is 6.44. The van der Waals surface area contributed by atoms with Crippen LogP contribution in [0.2, 0.25) is 5.02 Å². The highest BCUT2D eigenvalue weighted by atomic mass is 35.5. The number of nitrogens with one attached hydrogen (secondary N) is 1. The van der Waals surface area contributed by atoms with Gasteiger partial charge in [0, 0.05) is 19.4 Å². The Morgan fingerprint density at radius 2 is 2.16 bits per heavy atom. The van der Waals surface area contributed by atoms with Gasteiger partial charge in [0.05, 0.1) is 24.3 Å². The lowest BCUT2D eigenvalue weighted by Gasteiger charge is -2.43. The molecule has 1 aromatic carbocycles. The lowest BCUT2D eigenvalue weighted by atomic mass is 9.85. The van der Waals surface area contributed by atoms with E-state index in [9.17, 15) is 0 Å². The van der Waals surface area contributed by atoms with Crippen molar-refractivity contribution in [1.82, 2.24) is 0 Å².